The standard InChI is InChI=1S/C25H21N3O4/c1-3-32-24(31)16-8-10-17(11-9-16)28-22-20(18-6-4-5-7-19(18)23(30)26-22)21(29)25(28)12-14-27(2)15-13-25/h4-15H,3H2,1-2H3,(H,26,30). The summed E-state index contributed by atoms with van der Waals surface area (Å²) in [6, 6.07) is 13.9. The lowest BCUT2D eigenvalue weighted by Crippen LogP contribution is -2.46. The van der Waals surface area contributed by atoms with Crippen LogP contribution in [-0.2, 0) is 4.74 Å². The number of aromatic nitrogens is 1. The van der Waals surface area contributed by atoms with Gasteiger partial charge in [-0.2, -0.15) is 0 Å². The number of esters is 1. The van der Waals surface area contributed by atoms with Gasteiger partial charge in [0.25, 0.3) is 5.56 Å². The van der Waals surface area contributed by atoms with Gasteiger partial charge in [0.15, 0.2) is 0 Å². The van der Waals surface area contributed by atoms with E-state index in [0.717, 1.165) is 0 Å². The first kappa shape index (κ1) is 19.8. The van der Waals surface area contributed by atoms with Crippen LogP contribution in [0.1, 0.15) is 27.6 Å². The van der Waals surface area contributed by atoms with E-state index >= 15 is 0 Å². The van der Waals surface area contributed by atoms with Crippen molar-refractivity contribution in [3.05, 3.63) is 94.6 Å². The summed E-state index contributed by atoms with van der Waals surface area (Å²) in [5, 5.41) is 1.08. The Bertz CT molecular complexity index is 1350. The van der Waals surface area contributed by atoms with Gasteiger partial charge in [0, 0.05) is 35.9 Å². The van der Waals surface area contributed by atoms with Gasteiger partial charge in [0.1, 0.15) is 11.4 Å². The van der Waals surface area contributed by atoms with E-state index in [4.69, 9.17) is 4.74 Å². The Morgan fingerprint density at radius 1 is 1.00 bits per heavy atom. The predicted octanol–water partition coefficient (Wildman–Crippen LogP) is 3.75. The summed E-state index contributed by atoms with van der Waals surface area (Å²) in [5.74, 6) is -0.110. The van der Waals surface area contributed by atoms with Gasteiger partial charge in [-0.25, -0.2) is 4.79 Å². The first-order valence-electron chi connectivity index (χ1n) is 10.3. The number of ketones is 1. The fraction of sp³-hybridized carbons (Fsp3) is 0.160. The van der Waals surface area contributed by atoms with Gasteiger partial charge in [-0.05, 0) is 49.4 Å². The van der Waals surface area contributed by atoms with Gasteiger partial charge in [0.2, 0.25) is 5.78 Å². The molecule has 32 heavy (non-hydrogen) atoms. The van der Waals surface area contributed by atoms with Crippen LogP contribution in [-0.4, -0.2) is 40.8 Å². The average Bonchev–Trinajstić information content (AvgIpc) is 3.04. The molecule has 0 atom stereocenters. The van der Waals surface area contributed by atoms with Crippen LogP contribution < -0.4 is 10.5 Å². The van der Waals surface area contributed by atoms with Crippen LogP contribution in [0.15, 0.2) is 77.9 Å². The third-order valence-corrected chi connectivity index (χ3v) is 5.86. The highest BCUT2D eigenvalue weighted by Gasteiger charge is 2.51. The molecule has 1 aromatic heterocycles. The van der Waals surface area contributed by atoms with E-state index in [0.29, 0.717) is 33.4 Å². The molecular weight excluding hydrogens is 406 g/mol. The number of rotatable bonds is 3. The normalized spacial score (nSPS) is 16.1. The number of nitrogens with one attached hydrogen (secondary N) is 1. The number of ether oxygens (including phenoxy) is 1. The maximum absolute atomic E-state index is 13.9. The predicted molar refractivity (Wildman–Crippen MR) is 122 cm³/mol. The summed E-state index contributed by atoms with van der Waals surface area (Å²) in [6.07, 6.45) is 7.29. The van der Waals surface area contributed by atoms with Gasteiger partial charge in [-0.3, -0.25) is 9.59 Å². The second-order valence-corrected chi connectivity index (χ2v) is 7.78. The van der Waals surface area contributed by atoms with E-state index in [9.17, 15) is 14.4 Å². The van der Waals surface area contributed by atoms with Crippen molar-refractivity contribution in [2.24, 2.45) is 0 Å². The van der Waals surface area contributed by atoms with Crippen molar-refractivity contribution in [3.63, 3.8) is 0 Å². The van der Waals surface area contributed by atoms with Crippen molar-refractivity contribution in [2.75, 3.05) is 18.6 Å². The summed E-state index contributed by atoms with van der Waals surface area (Å²) in [4.78, 5) is 45.4. The summed E-state index contributed by atoms with van der Waals surface area (Å²) >= 11 is 0. The number of hydrogen-bond acceptors (Lipinski definition) is 6. The third-order valence-electron chi connectivity index (χ3n) is 5.86. The molecule has 0 bridgehead atoms. The topological polar surface area (TPSA) is 82.7 Å². The number of carbonyl (C=O) groups excluding carboxylic acids is 2. The highest BCUT2D eigenvalue weighted by Crippen LogP contribution is 2.47. The second kappa shape index (κ2) is 7.23. The van der Waals surface area contributed by atoms with Crippen molar-refractivity contribution in [1.29, 1.82) is 0 Å². The quantitative estimate of drug-likeness (QED) is 0.641. The van der Waals surface area contributed by atoms with Gasteiger partial charge in [-0.15, -0.1) is 0 Å². The smallest absolute Gasteiger partial charge is 0.338 e. The number of aromatic amines is 1. The molecule has 0 fully saturated rings. The van der Waals surface area contributed by atoms with E-state index in [1.165, 1.54) is 0 Å². The largest absolute Gasteiger partial charge is 0.462 e. The van der Waals surface area contributed by atoms with E-state index in [1.807, 2.05) is 47.5 Å². The van der Waals surface area contributed by atoms with Crippen molar-refractivity contribution >= 4 is 34.0 Å². The lowest BCUT2D eigenvalue weighted by molar-refractivity contribution is 0.0526. The van der Waals surface area contributed by atoms with Gasteiger partial charge in [-0.1, -0.05) is 18.2 Å². The number of benzene rings is 2. The van der Waals surface area contributed by atoms with Crippen LogP contribution in [0, 0.1) is 0 Å². The Balaban J connectivity index is 1.74. The maximum Gasteiger partial charge on any atom is 0.338 e. The molecular formula is C25H21N3O4. The number of pyridine rings is 1. The molecule has 160 valence electrons. The van der Waals surface area contributed by atoms with E-state index in [-0.39, 0.29) is 17.9 Å². The monoisotopic (exact) mass is 427 g/mol. The van der Waals surface area contributed by atoms with E-state index in [1.54, 1.807) is 49.4 Å². The molecule has 0 saturated heterocycles. The molecule has 0 aliphatic carbocycles. The Kier molecular flexibility index (Phi) is 4.48. The molecule has 1 spiro atoms. The van der Waals surface area contributed by atoms with E-state index < -0.39 is 11.5 Å². The number of nitrogens with zero attached hydrogens (tertiary/aromatic N) is 2. The SMILES string of the molecule is CCOC(=O)c1ccc(N2c3[nH]c(=O)c4ccccc4c3C(=O)C23C=CN(C)C=C3)cc1. The van der Waals surface area contributed by atoms with Crippen molar-refractivity contribution < 1.29 is 14.3 Å². The molecule has 2 aromatic carbocycles. The number of hydrogen-bond donors (Lipinski definition) is 1. The van der Waals surface area contributed by atoms with Crippen LogP contribution in [0.25, 0.3) is 10.8 Å². The van der Waals surface area contributed by atoms with Crippen LogP contribution in [0.2, 0.25) is 0 Å². The average molecular weight is 427 g/mol. The first-order valence-corrected chi connectivity index (χ1v) is 10.3. The minimum absolute atomic E-state index is 0.130. The zero-order valence-corrected chi connectivity index (χ0v) is 17.7. The summed E-state index contributed by atoms with van der Waals surface area (Å²) in [7, 11) is 1.88. The minimum atomic E-state index is -1.13. The lowest BCUT2D eigenvalue weighted by Gasteiger charge is -2.36. The Hall–Kier alpha value is -4.13. The minimum Gasteiger partial charge on any atom is -0.462 e. The zero-order chi connectivity index (χ0) is 22.5. The van der Waals surface area contributed by atoms with Gasteiger partial charge < -0.3 is 19.5 Å². The molecule has 3 aromatic rings. The number of H-pyrrole nitrogens is 1. The molecule has 7 heteroatoms. The lowest BCUT2D eigenvalue weighted by atomic mass is 9.89. The molecule has 2 aliphatic heterocycles. The van der Waals surface area contributed by atoms with Crippen molar-refractivity contribution in [3.8, 4) is 0 Å². The summed E-state index contributed by atoms with van der Waals surface area (Å²) in [5.41, 5.74) is 0.145. The fourth-order valence-corrected chi connectivity index (χ4v) is 4.32. The molecule has 2 aliphatic rings. The van der Waals surface area contributed by atoms with Crippen molar-refractivity contribution in [2.45, 2.75) is 12.5 Å². The molecule has 1 N–H and O–H groups in total. The number of Topliss-reactive ketones (excluding diaryl/α,β-unsaturated/α-hetero) is 1. The molecule has 0 saturated carbocycles. The first-order chi connectivity index (χ1) is 15.5. The summed E-state index contributed by atoms with van der Waals surface area (Å²) < 4.78 is 5.07. The maximum atomic E-state index is 13.9. The Labute approximate surface area is 184 Å². The highest BCUT2D eigenvalue weighted by atomic mass is 16.5. The van der Waals surface area contributed by atoms with Crippen LogP contribution in [0.5, 0.6) is 0 Å². The third kappa shape index (κ3) is 2.78. The molecule has 5 rings (SSSR count). The molecule has 7 nitrogen and oxygen atoms in total. The van der Waals surface area contributed by atoms with Crippen LogP contribution in [0.4, 0.5) is 11.5 Å². The van der Waals surface area contributed by atoms with Crippen LogP contribution >= 0.6 is 0 Å². The number of carbonyl (C=O) groups is 2. The zero-order valence-electron chi connectivity index (χ0n) is 17.7. The van der Waals surface area contributed by atoms with E-state index in [2.05, 4.69) is 4.98 Å². The van der Waals surface area contributed by atoms with Gasteiger partial charge in [0.05, 0.1) is 17.7 Å². The van der Waals surface area contributed by atoms with Gasteiger partial charge >= 0.3 is 5.97 Å². The Morgan fingerprint density at radius 2 is 1.66 bits per heavy atom. The Morgan fingerprint density at radius 3 is 2.31 bits per heavy atom. The van der Waals surface area contributed by atoms with Crippen LogP contribution in [0.3, 0.4) is 0 Å². The molecule has 0 radical (unpaired) electrons. The molecule has 0 amide bonds. The molecule has 3 heterocycles. The molecule has 0 unspecified atom stereocenters. The number of anilines is 2. The fourth-order valence-electron chi connectivity index (χ4n) is 4.32. The highest BCUT2D eigenvalue weighted by molar-refractivity contribution is 6.24. The van der Waals surface area contributed by atoms with Crippen molar-refractivity contribution in [1.82, 2.24) is 9.88 Å². The second-order valence-electron chi connectivity index (χ2n) is 7.78. The summed E-state index contributed by atoms with van der Waals surface area (Å²) in [6.45, 7) is 2.04. The number of fused-ring (bicyclic) bond motifs is 3.